The fourth-order valence-corrected chi connectivity index (χ4v) is 2.91. The molecule has 0 bridgehead atoms. The Kier molecular flexibility index (Phi) is 3.76. The fraction of sp³-hybridized carbons (Fsp3) is 0.100. The van der Waals surface area contributed by atoms with Crippen molar-refractivity contribution in [2.45, 2.75) is 13.1 Å². The molecule has 2 aromatic carbocycles. The molecule has 0 amide bonds. The van der Waals surface area contributed by atoms with Gasteiger partial charge in [0.2, 0.25) is 0 Å². The highest BCUT2D eigenvalue weighted by Gasteiger charge is 2.30. The summed E-state index contributed by atoms with van der Waals surface area (Å²) in [5, 5.41) is 4.56. The minimum Gasteiger partial charge on any atom is -0.231 e. The van der Waals surface area contributed by atoms with Crippen molar-refractivity contribution in [3.05, 3.63) is 78.1 Å². The van der Waals surface area contributed by atoms with Crippen LogP contribution in [0.15, 0.2) is 66.7 Å². The first-order valence-electron chi connectivity index (χ1n) is 8.03. The summed E-state index contributed by atoms with van der Waals surface area (Å²) < 4.78 is 39.9. The maximum Gasteiger partial charge on any atom is 0.416 e. The molecule has 4 aromatic rings. The van der Waals surface area contributed by atoms with Crippen molar-refractivity contribution in [3.63, 3.8) is 0 Å². The van der Waals surface area contributed by atoms with Crippen molar-refractivity contribution < 1.29 is 13.2 Å². The number of imidazole rings is 1. The summed E-state index contributed by atoms with van der Waals surface area (Å²) in [5.41, 5.74) is 3.20. The van der Waals surface area contributed by atoms with Crippen LogP contribution in [0, 0.1) is 6.92 Å². The molecule has 4 rings (SSSR count). The van der Waals surface area contributed by atoms with Gasteiger partial charge in [0.05, 0.1) is 22.5 Å². The molecule has 0 atom stereocenters. The van der Waals surface area contributed by atoms with Gasteiger partial charge in [-0.1, -0.05) is 42.5 Å². The Bertz CT molecular complexity index is 1070. The molecule has 26 heavy (non-hydrogen) atoms. The van der Waals surface area contributed by atoms with E-state index in [0.717, 1.165) is 28.9 Å². The number of hydrogen-bond acceptors (Lipinski definition) is 2. The lowest BCUT2D eigenvalue weighted by Gasteiger charge is -2.08. The van der Waals surface area contributed by atoms with E-state index in [9.17, 15) is 13.2 Å². The van der Waals surface area contributed by atoms with Crippen molar-refractivity contribution in [1.29, 1.82) is 0 Å². The summed E-state index contributed by atoms with van der Waals surface area (Å²) in [7, 11) is 0. The molecule has 0 radical (unpaired) electrons. The quantitative estimate of drug-likeness (QED) is 0.484. The summed E-state index contributed by atoms with van der Waals surface area (Å²) in [6.07, 6.45) is -4.35. The minimum absolute atomic E-state index is 0.589. The van der Waals surface area contributed by atoms with Crippen LogP contribution < -0.4 is 0 Å². The highest BCUT2D eigenvalue weighted by atomic mass is 19.4. The molecule has 0 saturated heterocycles. The molecule has 0 fully saturated rings. The SMILES string of the molecule is Cc1nc(-c2ccccc2)c2ccc(-c3ccc(C(F)(F)F)cc3)nn12. The Morgan fingerprint density at radius 1 is 0.808 bits per heavy atom. The van der Waals surface area contributed by atoms with E-state index < -0.39 is 11.7 Å². The van der Waals surface area contributed by atoms with E-state index in [1.165, 1.54) is 12.1 Å². The Morgan fingerprint density at radius 2 is 1.50 bits per heavy atom. The standard InChI is InChI=1S/C20H14F3N3/c1-13-24-19(15-5-3-2-4-6-15)18-12-11-17(25-26(13)18)14-7-9-16(10-8-14)20(21,22)23/h2-12H,1H3. The second kappa shape index (κ2) is 5.98. The van der Waals surface area contributed by atoms with Gasteiger partial charge in [0, 0.05) is 11.1 Å². The van der Waals surface area contributed by atoms with Crippen LogP contribution in [-0.2, 0) is 6.18 Å². The van der Waals surface area contributed by atoms with Crippen molar-refractivity contribution >= 4 is 5.52 Å². The lowest BCUT2D eigenvalue weighted by atomic mass is 10.1. The largest absolute Gasteiger partial charge is 0.416 e. The highest BCUT2D eigenvalue weighted by Crippen LogP contribution is 2.31. The second-order valence-corrected chi connectivity index (χ2v) is 5.96. The smallest absolute Gasteiger partial charge is 0.231 e. The van der Waals surface area contributed by atoms with Gasteiger partial charge >= 0.3 is 6.18 Å². The number of hydrogen-bond donors (Lipinski definition) is 0. The zero-order valence-electron chi connectivity index (χ0n) is 13.8. The van der Waals surface area contributed by atoms with Gasteiger partial charge in [0.1, 0.15) is 5.82 Å². The average molecular weight is 353 g/mol. The molecule has 0 aliphatic heterocycles. The first-order valence-corrected chi connectivity index (χ1v) is 8.03. The number of halogens is 3. The van der Waals surface area contributed by atoms with E-state index in [1.54, 1.807) is 10.6 Å². The van der Waals surface area contributed by atoms with Gasteiger partial charge in [-0.05, 0) is 31.2 Å². The van der Waals surface area contributed by atoms with E-state index in [4.69, 9.17) is 0 Å². The van der Waals surface area contributed by atoms with Gasteiger partial charge in [0.25, 0.3) is 0 Å². The second-order valence-electron chi connectivity index (χ2n) is 5.96. The first kappa shape index (κ1) is 16.3. The Hall–Kier alpha value is -3.15. The lowest BCUT2D eigenvalue weighted by molar-refractivity contribution is -0.137. The lowest BCUT2D eigenvalue weighted by Crippen LogP contribution is -2.04. The summed E-state index contributed by atoms with van der Waals surface area (Å²) in [6, 6.07) is 18.5. The van der Waals surface area contributed by atoms with Crippen LogP contribution in [0.1, 0.15) is 11.4 Å². The number of rotatable bonds is 2. The average Bonchev–Trinajstić information content (AvgIpc) is 2.98. The number of fused-ring (bicyclic) bond motifs is 1. The maximum absolute atomic E-state index is 12.7. The summed E-state index contributed by atoms with van der Waals surface area (Å²) in [5.74, 6) is 0.715. The third kappa shape index (κ3) is 2.83. The van der Waals surface area contributed by atoms with Gasteiger partial charge in [-0.2, -0.15) is 18.3 Å². The number of aryl methyl sites for hydroxylation is 1. The molecule has 0 aliphatic rings. The van der Waals surface area contributed by atoms with Crippen LogP contribution >= 0.6 is 0 Å². The molecule has 0 spiro atoms. The molecular weight excluding hydrogens is 339 g/mol. The van der Waals surface area contributed by atoms with Gasteiger partial charge in [-0.15, -0.1) is 0 Å². The van der Waals surface area contributed by atoms with E-state index in [0.29, 0.717) is 17.1 Å². The minimum atomic E-state index is -4.35. The Morgan fingerprint density at radius 3 is 2.15 bits per heavy atom. The van der Waals surface area contributed by atoms with Gasteiger partial charge < -0.3 is 0 Å². The maximum atomic E-state index is 12.7. The fourth-order valence-electron chi connectivity index (χ4n) is 2.91. The van der Waals surface area contributed by atoms with Gasteiger partial charge in [0.15, 0.2) is 0 Å². The van der Waals surface area contributed by atoms with Gasteiger partial charge in [-0.3, -0.25) is 0 Å². The van der Waals surface area contributed by atoms with Crippen molar-refractivity contribution in [2.75, 3.05) is 0 Å². The number of alkyl halides is 3. The summed E-state index contributed by atoms with van der Waals surface area (Å²) in [6.45, 7) is 1.85. The molecule has 0 aliphatic carbocycles. The Balaban J connectivity index is 1.78. The topological polar surface area (TPSA) is 30.2 Å². The molecule has 3 nitrogen and oxygen atoms in total. The molecular formula is C20H14F3N3. The van der Waals surface area contributed by atoms with E-state index in [1.807, 2.05) is 43.3 Å². The van der Waals surface area contributed by atoms with Crippen LogP contribution in [0.3, 0.4) is 0 Å². The Labute approximate surface area is 147 Å². The zero-order chi connectivity index (χ0) is 18.3. The zero-order valence-corrected chi connectivity index (χ0v) is 13.8. The predicted octanol–water partition coefficient (Wildman–Crippen LogP) is 5.39. The summed E-state index contributed by atoms with van der Waals surface area (Å²) >= 11 is 0. The monoisotopic (exact) mass is 353 g/mol. The van der Waals surface area contributed by atoms with Crippen LogP contribution in [0.2, 0.25) is 0 Å². The van der Waals surface area contributed by atoms with Crippen LogP contribution in [0.4, 0.5) is 13.2 Å². The van der Waals surface area contributed by atoms with Crippen LogP contribution in [0.5, 0.6) is 0 Å². The predicted molar refractivity (Wildman–Crippen MR) is 93.6 cm³/mol. The van der Waals surface area contributed by atoms with Crippen molar-refractivity contribution in [1.82, 2.24) is 14.6 Å². The normalized spacial score (nSPS) is 11.8. The van der Waals surface area contributed by atoms with Crippen LogP contribution in [0.25, 0.3) is 28.0 Å². The molecule has 0 unspecified atom stereocenters. The van der Waals surface area contributed by atoms with Crippen molar-refractivity contribution in [3.8, 4) is 22.5 Å². The first-order chi connectivity index (χ1) is 12.4. The highest BCUT2D eigenvalue weighted by molar-refractivity contribution is 5.78. The molecule has 0 N–H and O–H groups in total. The van der Waals surface area contributed by atoms with Crippen molar-refractivity contribution in [2.24, 2.45) is 0 Å². The molecule has 0 saturated carbocycles. The number of benzene rings is 2. The molecule has 2 heterocycles. The number of aromatic nitrogens is 3. The summed E-state index contributed by atoms with van der Waals surface area (Å²) in [4.78, 5) is 4.59. The van der Waals surface area contributed by atoms with Gasteiger partial charge in [-0.25, -0.2) is 9.50 Å². The number of nitrogens with zero attached hydrogens (tertiary/aromatic N) is 3. The third-order valence-corrected chi connectivity index (χ3v) is 4.21. The molecule has 6 heteroatoms. The molecule has 130 valence electrons. The van der Waals surface area contributed by atoms with E-state index >= 15 is 0 Å². The van der Waals surface area contributed by atoms with Crippen LogP contribution in [-0.4, -0.2) is 14.6 Å². The molecule has 2 aromatic heterocycles. The van der Waals surface area contributed by atoms with E-state index in [-0.39, 0.29) is 0 Å². The third-order valence-electron chi connectivity index (χ3n) is 4.21. The van der Waals surface area contributed by atoms with E-state index in [2.05, 4.69) is 10.1 Å².